The van der Waals surface area contributed by atoms with Crippen LogP contribution >= 0.6 is 0 Å². The molecule has 0 aliphatic heterocycles. The second kappa shape index (κ2) is 9.03. The molecule has 0 saturated carbocycles. The first-order chi connectivity index (χ1) is 15.7. The number of aromatic nitrogens is 5. The molecule has 0 bridgehead atoms. The number of hydrogen-bond donors (Lipinski definition) is 1. The summed E-state index contributed by atoms with van der Waals surface area (Å²) in [5, 5.41) is 8.64. The standard InChI is InChI=1S/C23H20FN5O3/c24-22(21-15-31-23(27-21)20-13-17-3-1-2-4-19(17)26-20)32-18-7-5-16(6-8-18)14-30-12-11-29-10-9-25-28-29/h1-10,13,15,22,26H,11-12,14H2. The third-order valence-corrected chi connectivity index (χ3v) is 4.88. The van der Waals surface area contributed by atoms with Crippen LogP contribution in [-0.2, 0) is 17.9 Å². The van der Waals surface area contributed by atoms with Gasteiger partial charge in [0.1, 0.15) is 17.7 Å². The van der Waals surface area contributed by atoms with Crippen molar-refractivity contribution in [2.45, 2.75) is 19.5 Å². The predicted molar refractivity (Wildman–Crippen MR) is 114 cm³/mol. The number of nitrogens with one attached hydrogen (secondary N) is 1. The van der Waals surface area contributed by atoms with E-state index in [-0.39, 0.29) is 5.69 Å². The van der Waals surface area contributed by atoms with Crippen LogP contribution in [0.4, 0.5) is 4.39 Å². The molecule has 0 spiro atoms. The Morgan fingerprint density at radius 3 is 2.81 bits per heavy atom. The molecule has 0 saturated heterocycles. The van der Waals surface area contributed by atoms with E-state index >= 15 is 0 Å². The molecule has 1 N–H and O–H groups in total. The Balaban J connectivity index is 1.15. The van der Waals surface area contributed by atoms with Gasteiger partial charge in [0.25, 0.3) is 6.36 Å². The Morgan fingerprint density at radius 2 is 2.00 bits per heavy atom. The third-order valence-electron chi connectivity index (χ3n) is 4.88. The minimum absolute atomic E-state index is 0.0687. The van der Waals surface area contributed by atoms with Crippen molar-refractivity contribution in [1.82, 2.24) is 25.0 Å². The first-order valence-corrected chi connectivity index (χ1v) is 10.1. The van der Waals surface area contributed by atoms with Gasteiger partial charge in [0, 0.05) is 17.1 Å². The summed E-state index contributed by atoms with van der Waals surface area (Å²) in [5.41, 5.74) is 2.66. The zero-order chi connectivity index (χ0) is 21.8. The highest BCUT2D eigenvalue weighted by molar-refractivity contribution is 5.84. The minimum atomic E-state index is -1.75. The number of fused-ring (bicyclic) bond motifs is 1. The van der Waals surface area contributed by atoms with Crippen LogP contribution in [0.3, 0.4) is 0 Å². The van der Waals surface area contributed by atoms with Crippen LogP contribution in [0.5, 0.6) is 5.75 Å². The summed E-state index contributed by atoms with van der Waals surface area (Å²) < 4.78 is 32.8. The molecular weight excluding hydrogens is 413 g/mol. The van der Waals surface area contributed by atoms with Gasteiger partial charge in [-0.1, -0.05) is 35.5 Å². The highest BCUT2D eigenvalue weighted by atomic mass is 19.1. The van der Waals surface area contributed by atoms with Gasteiger partial charge in [0.2, 0.25) is 5.89 Å². The molecular formula is C23H20FN5O3. The van der Waals surface area contributed by atoms with Gasteiger partial charge in [-0.2, -0.15) is 4.39 Å². The van der Waals surface area contributed by atoms with E-state index in [4.69, 9.17) is 13.9 Å². The minimum Gasteiger partial charge on any atom is -0.454 e. The zero-order valence-corrected chi connectivity index (χ0v) is 17.0. The van der Waals surface area contributed by atoms with Crippen molar-refractivity contribution in [2.75, 3.05) is 6.61 Å². The molecule has 9 heteroatoms. The number of benzene rings is 2. The summed E-state index contributed by atoms with van der Waals surface area (Å²) in [5.74, 6) is 0.694. The highest BCUT2D eigenvalue weighted by Gasteiger charge is 2.18. The largest absolute Gasteiger partial charge is 0.454 e. The Morgan fingerprint density at radius 1 is 1.12 bits per heavy atom. The van der Waals surface area contributed by atoms with E-state index in [1.807, 2.05) is 42.5 Å². The zero-order valence-electron chi connectivity index (χ0n) is 17.0. The maximum Gasteiger partial charge on any atom is 0.284 e. The van der Waals surface area contributed by atoms with Gasteiger partial charge in [-0.05, 0) is 29.8 Å². The third kappa shape index (κ3) is 4.52. The van der Waals surface area contributed by atoms with Crippen LogP contribution < -0.4 is 4.74 Å². The van der Waals surface area contributed by atoms with Crippen LogP contribution in [0.25, 0.3) is 22.5 Å². The lowest BCUT2D eigenvalue weighted by atomic mass is 10.2. The first kappa shape index (κ1) is 20.0. The fraction of sp³-hybridized carbons (Fsp3) is 0.174. The summed E-state index contributed by atoms with van der Waals surface area (Å²) >= 11 is 0. The second-order valence-corrected chi connectivity index (χ2v) is 7.14. The summed E-state index contributed by atoms with van der Waals surface area (Å²) in [6, 6.07) is 16.8. The first-order valence-electron chi connectivity index (χ1n) is 10.1. The lowest BCUT2D eigenvalue weighted by Gasteiger charge is -2.10. The number of H-pyrrole nitrogens is 1. The maximum absolute atomic E-state index is 14.6. The molecule has 32 heavy (non-hydrogen) atoms. The van der Waals surface area contributed by atoms with Gasteiger partial charge < -0.3 is 18.9 Å². The molecule has 5 rings (SSSR count). The molecule has 2 aromatic carbocycles. The molecule has 162 valence electrons. The van der Waals surface area contributed by atoms with E-state index in [0.717, 1.165) is 16.5 Å². The van der Waals surface area contributed by atoms with Crippen molar-refractivity contribution in [3.8, 4) is 17.3 Å². The van der Waals surface area contributed by atoms with E-state index in [0.29, 0.717) is 37.1 Å². The van der Waals surface area contributed by atoms with Crippen molar-refractivity contribution >= 4 is 10.9 Å². The van der Waals surface area contributed by atoms with E-state index < -0.39 is 6.36 Å². The number of para-hydroxylation sites is 1. The molecule has 0 amide bonds. The van der Waals surface area contributed by atoms with Crippen molar-refractivity contribution in [3.63, 3.8) is 0 Å². The lowest BCUT2D eigenvalue weighted by molar-refractivity contribution is 0.0629. The average Bonchev–Trinajstić information content (AvgIpc) is 3.58. The smallest absolute Gasteiger partial charge is 0.284 e. The van der Waals surface area contributed by atoms with Crippen LogP contribution in [0.15, 0.2) is 77.7 Å². The van der Waals surface area contributed by atoms with Crippen LogP contribution in [0, 0.1) is 0 Å². The average molecular weight is 433 g/mol. The van der Waals surface area contributed by atoms with Crippen LogP contribution in [0.2, 0.25) is 0 Å². The van der Waals surface area contributed by atoms with Gasteiger partial charge in [-0.3, -0.25) is 4.68 Å². The Bertz CT molecular complexity index is 1250. The van der Waals surface area contributed by atoms with E-state index in [1.54, 1.807) is 29.2 Å². The summed E-state index contributed by atoms with van der Waals surface area (Å²) in [6.45, 7) is 1.58. The van der Waals surface area contributed by atoms with Gasteiger partial charge in [-0.25, -0.2) is 4.98 Å². The summed E-state index contributed by atoms with van der Waals surface area (Å²) in [4.78, 5) is 7.44. The van der Waals surface area contributed by atoms with Crippen LogP contribution in [-0.4, -0.2) is 31.6 Å². The predicted octanol–water partition coefficient (Wildman–Crippen LogP) is 4.68. The molecule has 1 unspecified atom stereocenters. The fourth-order valence-electron chi connectivity index (χ4n) is 3.25. The molecule has 8 nitrogen and oxygen atoms in total. The number of ether oxygens (including phenoxy) is 2. The molecule has 1 atom stereocenters. The van der Waals surface area contributed by atoms with Gasteiger partial charge in [0.15, 0.2) is 5.69 Å². The fourth-order valence-corrected chi connectivity index (χ4v) is 3.25. The number of alkyl halides is 1. The summed E-state index contributed by atoms with van der Waals surface area (Å²) in [6.07, 6.45) is 2.92. The Hall–Kier alpha value is -3.98. The molecule has 0 aliphatic rings. The number of nitrogens with zero attached hydrogens (tertiary/aromatic N) is 4. The van der Waals surface area contributed by atoms with E-state index in [9.17, 15) is 4.39 Å². The second-order valence-electron chi connectivity index (χ2n) is 7.14. The van der Waals surface area contributed by atoms with Gasteiger partial charge >= 0.3 is 0 Å². The highest BCUT2D eigenvalue weighted by Crippen LogP contribution is 2.28. The van der Waals surface area contributed by atoms with Gasteiger partial charge in [-0.15, -0.1) is 5.10 Å². The monoisotopic (exact) mass is 433 g/mol. The van der Waals surface area contributed by atoms with E-state index in [1.165, 1.54) is 6.26 Å². The maximum atomic E-state index is 14.6. The molecule has 0 aliphatic carbocycles. The quantitative estimate of drug-likeness (QED) is 0.340. The summed E-state index contributed by atoms with van der Waals surface area (Å²) in [7, 11) is 0. The Kier molecular flexibility index (Phi) is 5.63. The van der Waals surface area contributed by atoms with Crippen molar-refractivity contribution in [2.24, 2.45) is 0 Å². The lowest BCUT2D eigenvalue weighted by Crippen LogP contribution is -2.06. The number of aromatic amines is 1. The van der Waals surface area contributed by atoms with Crippen molar-refractivity contribution in [1.29, 1.82) is 0 Å². The molecule has 3 aromatic heterocycles. The number of halogens is 1. The van der Waals surface area contributed by atoms with E-state index in [2.05, 4.69) is 20.3 Å². The number of oxazole rings is 1. The molecule has 3 heterocycles. The molecule has 5 aromatic rings. The normalized spacial score (nSPS) is 12.3. The molecule has 0 fully saturated rings. The van der Waals surface area contributed by atoms with Crippen molar-refractivity contribution in [3.05, 3.63) is 84.5 Å². The SMILES string of the molecule is FC(Oc1ccc(COCCn2ccnn2)cc1)c1coc(-c2cc3ccccc3[nH]2)n1. The Labute approximate surface area is 182 Å². The number of hydrogen-bond acceptors (Lipinski definition) is 6. The number of rotatable bonds is 9. The van der Waals surface area contributed by atoms with Crippen LogP contribution in [0.1, 0.15) is 17.6 Å². The molecule has 0 radical (unpaired) electrons. The van der Waals surface area contributed by atoms with Crippen molar-refractivity contribution < 1.29 is 18.3 Å². The van der Waals surface area contributed by atoms with Gasteiger partial charge in [0.05, 0.1) is 26.0 Å². The topological polar surface area (TPSA) is 91.0 Å².